The number of amides is 3. The van der Waals surface area contributed by atoms with Crippen molar-refractivity contribution in [3.8, 4) is 0 Å². The summed E-state index contributed by atoms with van der Waals surface area (Å²) in [6, 6.07) is 7.34. The van der Waals surface area contributed by atoms with Crippen molar-refractivity contribution in [2.45, 2.75) is 51.7 Å². The normalized spacial score (nSPS) is 15.1. The summed E-state index contributed by atoms with van der Waals surface area (Å²) < 4.78 is 5.90. The van der Waals surface area contributed by atoms with Gasteiger partial charge in [-0.3, -0.25) is 9.59 Å². The average molecular weight is 454 g/mol. The third-order valence-electron chi connectivity index (χ3n) is 4.31. The predicted molar refractivity (Wildman–Crippen MR) is 110 cm³/mol. The van der Waals surface area contributed by atoms with Crippen LogP contribution in [0.3, 0.4) is 0 Å². The molecule has 0 radical (unpaired) electrons. The molecule has 0 atom stereocenters. The number of nitrogens with zero attached hydrogens (tertiary/aromatic N) is 1. The summed E-state index contributed by atoms with van der Waals surface area (Å²) in [6.45, 7) is 6.79. The van der Waals surface area contributed by atoms with Crippen LogP contribution in [0.2, 0.25) is 0 Å². The SMILES string of the molecule is CC(C)(C)OC(=O)NCCC(=O)N1CCC(NC(=O)c2ccccc2Br)CC1. The minimum absolute atomic E-state index is 0.00774. The molecule has 28 heavy (non-hydrogen) atoms. The van der Waals surface area contributed by atoms with Crippen molar-refractivity contribution >= 4 is 33.8 Å². The number of nitrogens with one attached hydrogen (secondary N) is 2. The van der Waals surface area contributed by atoms with Crippen molar-refractivity contribution < 1.29 is 19.1 Å². The predicted octanol–water partition coefficient (Wildman–Crippen LogP) is 3.08. The highest BCUT2D eigenvalue weighted by Gasteiger charge is 2.24. The molecule has 7 nitrogen and oxygen atoms in total. The van der Waals surface area contributed by atoms with Crippen LogP contribution in [0.25, 0.3) is 0 Å². The zero-order chi connectivity index (χ0) is 20.7. The van der Waals surface area contributed by atoms with Crippen LogP contribution < -0.4 is 10.6 Å². The topological polar surface area (TPSA) is 87.7 Å². The highest BCUT2D eigenvalue weighted by Crippen LogP contribution is 2.17. The molecule has 0 spiro atoms. The molecule has 0 aliphatic carbocycles. The van der Waals surface area contributed by atoms with E-state index >= 15 is 0 Å². The van der Waals surface area contributed by atoms with Crippen molar-refractivity contribution in [2.75, 3.05) is 19.6 Å². The third kappa shape index (κ3) is 7.14. The fourth-order valence-electron chi connectivity index (χ4n) is 2.93. The molecule has 0 bridgehead atoms. The first-order valence-corrected chi connectivity index (χ1v) is 10.2. The quantitative estimate of drug-likeness (QED) is 0.716. The van der Waals surface area contributed by atoms with Gasteiger partial charge in [-0.25, -0.2) is 4.79 Å². The molecule has 1 aromatic rings. The summed E-state index contributed by atoms with van der Waals surface area (Å²) >= 11 is 3.39. The van der Waals surface area contributed by atoms with Gasteiger partial charge in [-0.15, -0.1) is 0 Å². The second kappa shape index (κ2) is 9.91. The van der Waals surface area contributed by atoms with Gasteiger partial charge in [-0.05, 0) is 61.7 Å². The molecule has 1 saturated heterocycles. The number of carbonyl (C=O) groups is 3. The number of ether oxygens (including phenoxy) is 1. The number of rotatable bonds is 5. The minimum Gasteiger partial charge on any atom is -0.444 e. The lowest BCUT2D eigenvalue weighted by molar-refractivity contribution is -0.132. The van der Waals surface area contributed by atoms with Crippen molar-refractivity contribution in [1.82, 2.24) is 15.5 Å². The van der Waals surface area contributed by atoms with Crippen LogP contribution in [-0.2, 0) is 9.53 Å². The lowest BCUT2D eigenvalue weighted by atomic mass is 10.0. The molecule has 1 fully saturated rings. The molecule has 8 heteroatoms. The molecule has 1 aromatic carbocycles. The highest BCUT2D eigenvalue weighted by atomic mass is 79.9. The Kier molecular flexibility index (Phi) is 7.86. The number of benzene rings is 1. The number of alkyl carbamates (subject to hydrolysis) is 1. The molecule has 1 aliphatic heterocycles. The van der Waals surface area contributed by atoms with Gasteiger partial charge in [0.05, 0.1) is 5.56 Å². The van der Waals surface area contributed by atoms with Gasteiger partial charge >= 0.3 is 6.09 Å². The Labute approximate surface area is 174 Å². The number of piperidine rings is 1. The van der Waals surface area contributed by atoms with Crippen LogP contribution in [-0.4, -0.2) is 54.1 Å². The van der Waals surface area contributed by atoms with E-state index in [1.54, 1.807) is 31.7 Å². The summed E-state index contributed by atoms with van der Waals surface area (Å²) in [5.74, 6) is -0.120. The molecule has 2 rings (SSSR count). The van der Waals surface area contributed by atoms with E-state index < -0.39 is 11.7 Å². The van der Waals surface area contributed by atoms with Gasteiger partial charge in [0.2, 0.25) is 5.91 Å². The molecule has 2 N–H and O–H groups in total. The lowest BCUT2D eigenvalue weighted by Crippen LogP contribution is -2.47. The smallest absolute Gasteiger partial charge is 0.407 e. The molecular weight excluding hydrogens is 426 g/mol. The first-order valence-electron chi connectivity index (χ1n) is 9.46. The number of hydrogen-bond acceptors (Lipinski definition) is 4. The molecule has 0 aromatic heterocycles. The monoisotopic (exact) mass is 453 g/mol. The van der Waals surface area contributed by atoms with Gasteiger partial charge in [0.25, 0.3) is 5.91 Å². The van der Waals surface area contributed by atoms with Gasteiger partial charge in [0.15, 0.2) is 0 Å². The summed E-state index contributed by atoms with van der Waals surface area (Å²) in [7, 11) is 0. The fourth-order valence-corrected chi connectivity index (χ4v) is 3.39. The Morgan fingerprint density at radius 2 is 1.82 bits per heavy atom. The zero-order valence-electron chi connectivity index (χ0n) is 16.6. The van der Waals surface area contributed by atoms with Crippen molar-refractivity contribution in [1.29, 1.82) is 0 Å². The highest BCUT2D eigenvalue weighted by molar-refractivity contribution is 9.10. The van der Waals surface area contributed by atoms with Crippen LogP contribution in [0.5, 0.6) is 0 Å². The van der Waals surface area contributed by atoms with Gasteiger partial charge < -0.3 is 20.3 Å². The van der Waals surface area contributed by atoms with E-state index in [1.807, 2.05) is 18.2 Å². The van der Waals surface area contributed by atoms with E-state index in [-0.39, 0.29) is 30.8 Å². The number of hydrogen-bond donors (Lipinski definition) is 2. The van der Waals surface area contributed by atoms with Crippen molar-refractivity contribution in [3.05, 3.63) is 34.3 Å². The summed E-state index contributed by atoms with van der Waals surface area (Å²) in [5.41, 5.74) is 0.0460. The van der Waals surface area contributed by atoms with E-state index in [0.717, 1.165) is 4.47 Å². The Balaban J connectivity index is 1.70. The van der Waals surface area contributed by atoms with E-state index in [2.05, 4.69) is 26.6 Å². The van der Waals surface area contributed by atoms with Crippen molar-refractivity contribution in [2.24, 2.45) is 0 Å². The van der Waals surface area contributed by atoms with Gasteiger partial charge in [-0.1, -0.05) is 12.1 Å². The van der Waals surface area contributed by atoms with Crippen LogP contribution in [0, 0.1) is 0 Å². The summed E-state index contributed by atoms with van der Waals surface area (Å²) in [5, 5.41) is 5.63. The Morgan fingerprint density at radius 1 is 1.18 bits per heavy atom. The second-order valence-electron chi connectivity index (χ2n) is 7.79. The summed E-state index contributed by atoms with van der Waals surface area (Å²) in [6.07, 6.45) is 1.13. The number of likely N-dealkylation sites (tertiary alicyclic amines) is 1. The van der Waals surface area contributed by atoms with Crippen LogP contribution in [0.15, 0.2) is 28.7 Å². The maximum atomic E-state index is 12.4. The van der Waals surface area contributed by atoms with Crippen molar-refractivity contribution in [3.63, 3.8) is 0 Å². The Bertz CT molecular complexity index is 710. The van der Waals surface area contributed by atoms with Crippen LogP contribution in [0.4, 0.5) is 4.79 Å². The Hall–Kier alpha value is -2.09. The molecule has 1 aliphatic rings. The maximum Gasteiger partial charge on any atom is 0.407 e. The lowest BCUT2D eigenvalue weighted by Gasteiger charge is -2.32. The standard InChI is InChI=1S/C20H28BrN3O4/c1-20(2,3)28-19(27)22-11-8-17(25)24-12-9-14(10-13-24)23-18(26)15-6-4-5-7-16(15)21/h4-7,14H,8-13H2,1-3H3,(H,22,27)(H,23,26). The zero-order valence-corrected chi connectivity index (χ0v) is 18.2. The molecule has 0 saturated carbocycles. The number of halogens is 1. The largest absolute Gasteiger partial charge is 0.444 e. The molecular formula is C20H28BrN3O4. The summed E-state index contributed by atoms with van der Waals surface area (Å²) in [4.78, 5) is 38.1. The third-order valence-corrected chi connectivity index (χ3v) is 5.00. The Morgan fingerprint density at radius 3 is 2.43 bits per heavy atom. The van der Waals surface area contributed by atoms with Gasteiger partial charge in [0.1, 0.15) is 5.60 Å². The first kappa shape index (κ1) is 22.2. The van der Waals surface area contributed by atoms with E-state index in [1.165, 1.54) is 0 Å². The van der Waals surface area contributed by atoms with Crippen LogP contribution in [0.1, 0.15) is 50.4 Å². The average Bonchev–Trinajstić information content (AvgIpc) is 2.61. The van der Waals surface area contributed by atoms with Crippen LogP contribution >= 0.6 is 15.9 Å². The molecule has 0 unspecified atom stereocenters. The van der Waals surface area contributed by atoms with E-state index in [9.17, 15) is 14.4 Å². The number of carbonyl (C=O) groups excluding carboxylic acids is 3. The molecule has 3 amide bonds. The maximum absolute atomic E-state index is 12.4. The van der Waals surface area contributed by atoms with Gasteiger partial charge in [-0.2, -0.15) is 0 Å². The second-order valence-corrected chi connectivity index (χ2v) is 8.64. The minimum atomic E-state index is -0.560. The fraction of sp³-hybridized carbons (Fsp3) is 0.550. The first-order chi connectivity index (χ1) is 13.2. The van der Waals surface area contributed by atoms with E-state index in [0.29, 0.717) is 31.5 Å². The molecule has 1 heterocycles. The molecule has 154 valence electrons. The van der Waals surface area contributed by atoms with Gasteiger partial charge in [0, 0.05) is 36.6 Å². The van der Waals surface area contributed by atoms with E-state index in [4.69, 9.17) is 4.74 Å².